The molecule has 0 saturated heterocycles. The topological polar surface area (TPSA) is 105 Å². The van der Waals surface area contributed by atoms with Crippen LogP contribution in [0.3, 0.4) is 0 Å². The normalized spacial score (nSPS) is 11.9. The highest BCUT2D eigenvalue weighted by atomic mass is 16.6. The lowest BCUT2D eigenvalue weighted by atomic mass is 10.1. The van der Waals surface area contributed by atoms with Crippen LogP contribution < -0.4 is 0 Å². The summed E-state index contributed by atoms with van der Waals surface area (Å²) >= 11 is 0. The first kappa shape index (κ1) is 27.8. The van der Waals surface area contributed by atoms with Gasteiger partial charge in [-0.05, 0) is 48.5 Å². The van der Waals surface area contributed by atoms with E-state index in [1.807, 2.05) is 0 Å². The molecular weight excluding hydrogens is 512 g/mol. The average Bonchev–Trinajstić information content (AvgIpc) is 3.02. The summed E-state index contributed by atoms with van der Waals surface area (Å²) in [5.74, 6) is -2.82. The minimum absolute atomic E-state index is 0.233. The summed E-state index contributed by atoms with van der Waals surface area (Å²) in [5.41, 5.74) is 1.03. The van der Waals surface area contributed by atoms with E-state index in [0.29, 0.717) is 0 Å². The van der Waals surface area contributed by atoms with Gasteiger partial charge in [0.1, 0.15) is 13.2 Å². The smallest absolute Gasteiger partial charge is 0.338 e. The molecular formula is C32H26O8. The van der Waals surface area contributed by atoms with E-state index in [1.165, 1.54) is 0 Å². The van der Waals surface area contributed by atoms with Crippen molar-refractivity contribution in [2.24, 2.45) is 0 Å². The van der Waals surface area contributed by atoms with Gasteiger partial charge < -0.3 is 18.9 Å². The first-order valence-electron chi connectivity index (χ1n) is 12.5. The van der Waals surface area contributed by atoms with Crippen LogP contribution in [-0.2, 0) is 18.9 Å². The van der Waals surface area contributed by atoms with E-state index in [0.717, 1.165) is 0 Å². The monoisotopic (exact) mass is 538 g/mol. The van der Waals surface area contributed by atoms with E-state index in [2.05, 4.69) is 0 Å². The number of ether oxygens (including phenoxy) is 4. The van der Waals surface area contributed by atoms with Gasteiger partial charge in [0.15, 0.2) is 12.2 Å². The van der Waals surface area contributed by atoms with Crippen molar-refractivity contribution < 1.29 is 38.1 Å². The van der Waals surface area contributed by atoms with E-state index in [9.17, 15) is 19.2 Å². The molecule has 2 atom stereocenters. The van der Waals surface area contributed by atoms with E-state index < -0.39 is 49.3 Å². The molecule has 4 aromatic rings. The third-order valence-electron chi connectivity index (χ3n) is 5.73. The molecule has 0 N–H and O–H groups in total. The molecule has 0 radical (unpaired) electrons. The second kappa shape index (κ2) is 14.1. The van der Waals surface area contributed by atoms with Crippen molar-refractivity contribution >= 4 is 23.9 Å². The quantitative estimate of drug-likeness (QED) is 0.191. The zero-order valence-corrected chi connectivity index (χ0v) is 21.4. The van der Waals surface area contributed by atoms with Gasteiger partial charge in [-0.2, -0.15) is 0 Å². The van der Waals surface area contributed by atoms with Crippen LogP contribution in [0.15, 0.2) is 121 Å². The lowest BCUT2D eigenvalue weighted by Gasteiger charge is -2.26. The molecule has 4 aromatic carbocycles. The maximum atomic E-state index is 13.0. The molecule has 0 aliphatic carbocycles. The fourth-order valence-electron chi connectivity index (χ4n) is 3.62. The average molecular weight is 539 g/mol. The largest absolute Gasteiger partial charge is 0.458 e. The number of carbonyl (C=O) groups excluding carboxylic acids is 4. The zero-order chi connectivity index (χ0) is 28.2. The van der Waals surface area contributed by atoms with Crippen LogP contribution in [0.25, 0.3) is 0 Å². The summed E-state index contributed by atoms with van der Waals surface area (Å²) in [5, 5.41) is 0. The van der Waals surface area contributed by atoms with Crippen LogP contribution in [0.4, 0.5) is 0 Å². The van der Waals surface area contributed by atoms with Crippen LogP contribution in [-0.4, -0.2) is 49.3 Å². The van der Waals surface area contributed by atoms with Gasteiger partial charge in [0.2, 0.25) is 0 Å². The highest BCUT2D eigenvalue weighted by Crippen LogP contribution is 2.16. The van der Waals surface area contributed by atoms with Gasteiger partial charge in [0, 0.05) is 0 Å². The summed E-state index contributed by atoms with van der Waals surface area (Å²) in [6.07, 6.45) is -2.62. The second-order valence-corrected chi connectivity index (χ2v) is 8.55. The molecule has 0 aromatic heterocycles. The molecule has 2 unspecified atom stereocenters. The molecule has 40 heavy (non-hydrogen) atoms. The molecule has 0 heterocycles. The fourth-order valence-corrected chi connectivity index (χ4v) is 3.62. The van der Waals surface area contributed by atoms with Crippen LogP contribution >= 0.6 is 0 Å². The Morgan fingerprint density at radius 3 is 0.925 bits per heavy atom. The first-order chi connectivity index (χ1) is 19.5. The van der Waals surface area contributed by atoms with E-state index in [1.54, 1.807) is 121 Å². The van der Waals surface area contributed by atoms with E-state index in [4.69, 9.17) is 18.9 Å². The van der Waals surface area contributed by atoms with Crippen molar-refractivity contribution in [3.05, 3.63) is 144 Å². The molecule has 0 aliphatic heterocycles. The van der Waals surface area contributed by atoms with Crippen LogP contribution in [0, 0.1) is 0 Å². The number of carbonyl (C=O) groups is 4. The summed E-state index contributed by atoms with van der Waals surface area (Å²) < 4.78 is 22.2. The molecule has 0 spiro atoms. The number of hydrogen-bond donors (Lipinski definition) is 0. The molecule has 0 bridgehead atoms. The minimum Gasteiger partial charge on any atom is -0.458 e. The molecule has 202 valence electrons. The third kappa shape index (κ3) is 7.88. The Balaban J connectivity index is 1.58. The van der Waals surface area contributed by atoms with Crippen molar-refractivity contribution in [3.63, 3.8) is 0 Å². The lowest BCUT2D eigenvalue weighted by Crippen LogP contribution is -2.42. The second-order valence-electron chi connectivity index (χ2n) is 8.55. The molecule has 0 amide bonds. The third-order valence-corrected chi connectivity index (χ3v) is 5.73. The van der Waals surface area contributed by atoms with Gasteiger partial charge in [-0.3, -0.25) is 0 Å². The standard InChI is InChI=1S/C32H26O8/c33-29(23-13-5-1-6-14-23)37-21-27(39-31(35)25-17-9-3-10-18-25)28(40-32(36)26-19-11-4-12-20-26)22-38-30(34)24-15-7-2-8-16-24/h1-20,27-28H,21-22H2. The first-order valence-corrected chi connectivity index (χ1v) is 12.5. The summed E-state index contributed by atoms with van der Waals surface area (Å²) in [6.45, 7) is -0.941. The van der Waals surface area contributed by atoms with Gasteiger partial charge in [0.05, 0.1) is 22.3 Å². The summed E-state index contributed by atoms with van der Waals surface area (Å²) in [4.78, 5) is 51.3. The van der Waals surface area contributed by atoms with Crippen molar-refractivity contribution in [2.75, 3.05) is 13.2 Å². The Morgan fingerprint density at radius 1 is 0.400 bits per heavy atom. The van der Waals surface area contributed by atoms with Crippen LogP contribution in [0.2, 0.25) is 0 Å². The van der Waals surface area contributed by atoms with Crippen molar-refractivity contribution in [3.8, 4) is 0 Å². The highest BCUT2D eigenvalue weighted by molar-refractivity contribution is 5.91. The molecule has 0 fully saturated rings. The molecule has 0 saturated carbocycles. The molecule has 8 heteroatoms. The van der Waals surface area contributed by atoms with E-state index in [-0.39, 0.29) is 22.3 Å². The van der Waals surface area contributed by atoms with Crippen LogP contribution in [0.1, 0.15) is 41.4 Å². The van der Waals surface area contributed by atoms with Gasteiger partial charge in [-0.15, -0.1) is 0 Å². The zero-order valence-electron chi connectivity index (χ0n) is 21.4. The predicted octanol–water partition coefficient (Wildman–Crippen LogP) is 5.15. The van der Waals surface area contributed by atoms with Gasteiger partial charge >= 0.3 is 23.9 Å². The van der Waals surface area contributed by atoms with Crippen molar-refractivity contribution in [1.82, 2.24) is 0 Å². The molecule has 0 aliphatic rings. The Hall–Kier alpha value is -5.24. The van der Waals surface area contributed by atoms with Crippen LogP contribution in [0.5, 0.6) is 0 Å². The highest BCUT2D eigenvalue weighted by Gasteiger charge is 2.33. The van der Waals surface area contributed by atoms with Crippen molar-refractivity contribution in [2.45, 2.75) is 12.2 Å². The van der Waals surface area contributed by atoms with Gasteiger partial charge in [0.25, 0.3) is 0 Å². The fraction of sp³-hybridized carbons (Fsp3) is 0.125. The number of rotatable bonds is 11. The maximum absolute atomic E-state index is 13.0. The van der Waals surface area contributed by atoms with Gasteiger partial charge in [-0.1, -0.05) is 72.8 Å². The summed E-state index contributed by atoms with van der Waals surface area (Å²) in [7, 11) is 0. The van der Waals surface area contributed by atoms with Gasteiger partial charge in [-0.25, -0.2) is 19.2 Å². The number of esters is 4. The SMILES string of the molecule is O=C(OCC(OC(=O)c1ccccc1)C(COC(=O)c1ccccc1)OC(=O)c1ccccc1)c1ccccc1. The van der Waals surface area contributed by atoms with E-state index >= 15 is 0 Å². The Morgan fingerprint density at radius 2 is 0.650 bits per heavy atom. The minimum atomic E-state index is -1.31. The number of benzene rings is 4. The Labute approximate surface area is 231 Å². The lowest BCUT2D eigenvalue weighted by molar-refractivity contribution is -0.0752. The Bertz CT molecular complexity index is 1300. The number of hydrogen-bond acceptors (Lipinski definition) is 8. The summed E-state index contributed by atoms with van der Waals surface area (Å²) in [6, 6.07) is 32.8. The molecule has 8 nitrogen and oxygen atoms in total. The Kier molecular flexibility index (Phi) is 9.77. The van der Waals surface area contributed by atoms with Crippen molar-refractivity contribution in [1.29, 1.82) is 0 Å². The molecule has 4 rings (SSSR count). The maximum Gasteiger partial charge on any atom is 0.338 e. The predicted molar refractivity (Wildman–Crippen MR) is 145 cm³/mol.